The summed E-state index contributed by atoms with van der Waals surface area (Å²) in [6.07, 6.45) is 3.28. The summed E-state index contributed by atoms with van der Waals surface area (Å²) in [6.45, 7) is 6.15. The van der Waals surface area contributed by atoms with Crippen molar-refractivity contribution >= 4 is 22.9 Å². The minimum atomic E-state index is -0.690. The molecule has 1 aromatic carbocycles. The van der Waals surface area contributed by atoms with Gasteiger partial charge in [0.1, 0.15) is 12.4 Å². The number of hydrogen-bond donors (Lipinski definition) is 2. The van der Waals surface area contributed by atoms with E-state index in [1.807, 2.05) is 13.0 Å². The maximum Gasteiger partial charge on any atom is 0.256 e. The van der Waals surface area contributed by atoms with E-state index < -0.39 is 17.9 Å². The van der Waals surface area contributed by atoms with Crippen LogP contribution in [0.2, 0.25) is 0 Å². The Balaban J connectivity index is 1.67. The zero-order chi connectivity index (χ0) is 20.6. The van der Waals surface area contributed by atoms with E-state index in [-0.39, 0.29) is 11.8 Å². The molecule has 1 amide bonds. The number of rotatable bonds is 5. The molecule has 4 rings (SSSR count). The summed E-state index contributed by atoms with van der Waals surface area (Å²) >= 11 is 0. The second-order valence-electron chi connectivity index (χ2n) is 7.43. The average molecular weight is 395 g/mol. The molecule has 1 fully saturated rings. The predicted molar refractivity (Wildman–Crippen MR) is 108 cm³/mol. The van der Waals surface area contributed by atoms with E-state index in [2.05, 4.69) is 34.1 Å². The second kappa shape index (κ2) is 7.53. The van der Waals surface area contributed by atoms with E-state index in [0.717, 1.165) is 12.8 Å². The van der Waals surface area contributed by atoms with E-state index in [9.17, 15) is 9.90 Å². The van der Waals surface area contributed by atoms with Crippen LogP contribution in [-0.4, -0.2) is 42.2 Å². The van der Waals surface area contributed by atoms with Gasteiger partial charge in [0.2, 0.25) is 0 Å². The first-order valence-electron chi connectivity index (χ1n) is 9.90. The van der Waals surface area contributed by atoms with Gasteiger partial charge in [-0.05, 0) is 25.0 Å². The summed E-state index contributed by atoms with van der Waals surface area (Å²) in [5, 5.41) is 13.7. The number of anilines is 1. The molecular formula is C21H25N5O3. The molecule has 0 radical (unpaired) electrons. The maximum atomic E-state index is 12.5. The van der Waals surface area contributed by atoms with Crippen molar-refractivity contribution < 1.29 is 14.6 Å². The van der Waals surface area contributed by atoms with Gasteiger partial charge in [0.05, 0.1) is 11.9 Å². The third kappa shape index (κ3) is 3.18. The number of aromatic nitrogens is 4. The van der Waals surface area contributed by atoms with Crippen LogP contribution in [0.1, 0.15) is 50.2 Å². The number of ether oxygens (including phenoxy) is 1. The van der Waals surface area contributed by atoms with Gasteiger partial charge in [-0.2, -0.15) is 0 Å². The molecule has 0 spiro atoms. The Labute approximate surface area is 169 Å². The molecule has 3 atom stereocenters. The van der Waals surface area contributed by atoms with Crippen molar-refractivity contribution in [2.75, 3.05) is 5.32 Å². The standard InChI is InChI=1S/C21H25N5O3/c1-4-21(5-2)13(3)16(27)20(29-21)26-12-24-15-17(22-11-23-18(15)26)25-19(28)14-9-7-6-8-10-14/h6-13,16,20,27H,4-5H2,1-3H3,(H,22,23,25,28)/t13-,16-,20+/m0/s1. The van der Waals surface area contributed by atoms with Gasteiger partial charge < -0.3 is 15.2 Å². The van der Waals surface area contributed by atoms with Crippen LogP contribution in [-0.2, 0) is 4.74 Å². The number of nitrogens with zero attached hydrogens (tertiary/aromatic N) is 4. The van der Waals surface area contributed by atoms with E-state index in [1.54, 1.807) is 35.2 Å². The van der Waals surface area contributed by atoms with Gasteiger partial charge in [0, 0.05) is 11.5 Å². The third-order valence-corrected chi connectivity index (χ3v) is 6.09. The zero-order valence-electron chi connectivity index (χ0n) is 16.7. The maximum absolute atomic E-state index is 12.5. The van der Waals surface area contributed by atoms with Gasteiger partial charge >= 0.3 is 0 Å². The fourth-order valence-electron chi connectivity index (χ4n) is 4.16. The lowest BCUT2D eigenvalue weighted by molar-refractivity contribution is -0.0948. The number of carbonyl (C=O) groups excluding carboxylic acids is 1. The SMILES string of the molecule is CCC1(CC)O[C@@H](n2cnc3c(NC(=O)c4ccccc4)ncnc32)[C@@H](O)[C@@H]1C. The predicted octanol–water partition coefficient (Wildman–Crippen LogP) is 3.16. The van der Waals surface area contributed by atoms with E-state index >= 15 is 0 Å². The zero-order valence-corrected chi connectivity index (χ0v) is 16.7. The van der Waals surface area contributed by atoms with Crippen molar-refractivity contribution in [3.05, 3.63) is 48.5 Å². The minimum absolute atomic E-state index is 0.0287. The van der Waals surface area contributed by atoms with Gasteiger partial charge in [0.15, 0.2) is 23.2 Å². The first-order valence-corrected chi connectivity index (χ1v) is 9.90. The lowest BCUT2D eigenvalue weighted by Gasteiger charge is -2.30. The van der Waals surface area contributed by atoms with E-state index in [4.69, 9.17) is 4.74 Å². The van der Waals surface area contributed by atoms with Gasteiger partial charge in [-0.25, -0.2) is 15.0 Å². The summed E-state index contributed by atoms with van der Waals surface area (Å²) in [5.41, 5.74) is 1.09. The van der Waals surface area contributed by atoms with Crippen LogP contribution in [0, 0.1) is 5.92 Å². The summed E-state index contributed by atoms with van der Waals surface area (Å²) in [6, 6.07) is 8.90. The minimum Gasteiger partial charge on any atom is -0.388 e. The molecule has 8 nitrogen and oxygen atoms in total. The Morgan fingerprint density at radius 1 is 1.21 bits per heavy atom. The fourth-order valence-corrected chi connectivity index (χ4v) is 4.16. The second-order valence-corrected chi connectivity index (χ2v) is 7.43. The first-order chi connectivity index (χ1) is 14.0. The molecule has 8 heteroatoms. The summed E-state index contributed by atoms with van der Waals surface area (Å²) in [5.74, 6) is 0.0151. The average Bonchev–Trinajstić information content (AvgIpc) is 3.29. The number of amides is 1. The summed E-state index contributed by atoms with van der Waals surface area (Å²) in [4.78, 5) is 25.4. The molecule has 0 aliphatic carbocycles. The van der Waals surface area contributed by atoms with Crippen molar-refractivity contribution in [2.45, 2.75) is 51.5 Å². The Hall–Kier alpha value is -2.84. The van der Waals surface area contributed by atoms with Crippen molar-refractivity contribution in [3.8, 4) is 0 Å². The number of aliphatic hydroxyl groups is 1. The van der Waals surface area contributed by atoms with Crippen LogP contribution in [0.5, 0.6) is 0 Å². The largest absolute Gasteiger partial charge is 0.388 e. The van der Waals surface area contributed by atoms with Crippen molar-refractivity contribution in [1.82, 2.24) is 19.5 Å². The highest BCUT2D eigenvalue weighted by Gasteiger charge is 2.51. The van der Waals surface area contributed by atoms with Gasteiger partial charge in [-0.1, -0.05) is 39.0 Å². The molecule has 1 aliphatic heterocycles. The number of imidazole rings is 1. The van der Waals surface area contributed by atoms with Crippen LogP contribution in [0.3, 0.4) is 0 Å². The van der Waals surface area contributed by atoms with Crippen molar-refractivity contribution in [1.29, 1.82) is 0 Å². The molecule has 152 valence electrons. The lowest BCUT2D eigenvalue weighted by Crippen LogP contribution is -2.35. The van der Waals surface area contributed by atoms with E-state index in [1.165, 1.54) is 6.33 Å². The Morgan fingerprint density at radius 2 is 1.93 bits per heavy atom. The molecule has 2 N–H and O–H groups in total. The first kappa shape index (κ1) is 19.5. The number of fused-ring (bicyclic) bond motifs is 1. The number of hydrogen-bond acceptors (Lipinski definition) is 6. The molecule has 29 heavy (non-hydrogen) atoms. The highest BCUT2D eigenvalue weighted by atomic mass is 16.5. The van der Waals surface area contributed by atoms with Crippen LogP contribution in [0.25, 0.3) is 11.2 Å². The van der Waals surface area contributed by atoms with E-state index in [0.29, 0.717) is 22.5 Å². The van der Waals surface area contributed by atoms with Gasteiger partial charge in [-0.15, -0.1) is 0 Å². The quantitative estimate of drug-likeness (QED) is 0.688. The van der Waals surface area contributed by atoms with Crippen molar-refractivity contribution in [2.24, 2.45) is 5.92 Å². The molecule has 3 aromatic rings. The number of carbonyl (C=O) groups is 1. The van der Waals surface area contributed by atoms with Crippen LogP contribution in [0.15, 0.2) is 43.0 Å². The Bertz CT molecular complexity index is 1020. The van der Waals surface area contributed by atoms with Gasteiger partial charge in [-0.3, -0.25) is 9.36 Å². The van der Waals surface area contributed by atoms with Crippen LogP contribution >= 0.6 is 0 Å². The Kier molecular flexibility index (Phi) is 5.06. The highest BCUT2D eigenvalue weighted by molar-refractivity contribution is 6.06. The molecule has 2 aromatic heterocycles. The highest BCUT2D eigenvalue weighted by Crippen LogP contribution is 2.46. The summed E-state index contributed by atoms with van der Waals surface area (Å²) in [7, 11) is 0. The molecule has 0 bridgehead atoms. The number of nitrogens with one attached hydrogen (secondary N) is 1. The number of benzene rings is 1. The number of aliphatic hydroxyl groups excluding tert-OH is 1. The fraction of sp³-hybridized carbons (Fsp3) is 0.429. The molecule has 0 saturated carbocycles. The molecule has 0 unspecified atom stereocenters. The topological polar surface area (TPSA) is 102 Å². The molecular weight excluding hydrogens is 370 g/mol. The van der Waals surface area contributed by atoms with Crippen LogP contribution < -0.4 is 5.32 Å². The van der Waals surface area contributed by atoms with Gasteiger partial charge in [0.25, 0.3) is 5.91 Å². The monoisotopic (exact) mass is 395 g/mol. The lowest BCUT2D eigenvalue weighted by atomic mass is 9.83. The Morgan fingerprint density at radius 3 is 2.59 bits per heavy atom. The van der Waals surface area contributed by atoms with Crippen LogP contribution in [0.4, 0.5) is 5.82 Å². The molecule has 3 heterocycles. The normalized spacial score (nSPS) is 23.4. The molecule has 1 aliphatic rings. The summed E-state index contributed by atoms with van der Waals surface area (Å²) < 4.78 is 8.07. The van der Waals surface area contributed by atoms with Crippen molar-refractivity contribution in [3.63, 3.8) is 0 Å². The smallest absolute Gasteiger partial charge is 0.256 e. The third-order valence-electron chi connectivity index (χ3n) is 6.09. The molecule has 1 saturated heterocycles.